The van der Waals surface area contributed by atoms with E-state index in [1.54, 1.807) is 0 Å². The molecule has 2 aromatic heterocycles. The van der Waals surface area contributed by atoms with Crippen LogP contribution in [0.2, 0.25) is 0 Å². The largest absolute Gasteiger partial charge is 0.356 e. The van der Waals surface area contributed by atoms with Crippen molar-refractivity contribution in [3.63, 3.8) is 0 Å². The Morgan fingerprint density at radius 1 is 1.00 bits per heavy atom. The average Bonchev–Trinajstić information content (AvgIpc) is 3.02. The second-order valence-corrected chi connectivity index (χ2v) is 6.12. The summed E-state index contributed by atoms with van der Waals surface area (Å²) in [5.41, 5.74) is 0.701. The number of fused-ring (bicyclic) bond motifs is 1. The highest BCUT2D eigenvalue weighted by Crippen LogP contribution is 2.10. The minimum atomic E-state index is -0.182. The van der Waals surface area contributed by atoms with E-state index in [-0.39, 0.29) is 5.56 Å². The van der Waals surface area contributed by atoms with Crippen LogP contribution in [-0.2, 0) is 0 Å². The first kappa shape index (κ1) is 17.5. The van der Waals surface area contributed by atoms with Gasteiger partial charge in [-0.2, -0.15) is 4.98 Å². The summed E-state index contributed by atoms with van der Waals surface area (Å²) in [5.74, 6) is 0.505. The lowest BCUT2D eigenvalue weighted by Gasteiger charge is -2.05. The molecule has 128 valence electrons. The van der Waals surface area contributed by atoms with Crippen LogP contribution in [-0.4, -0.2) is 26.5 Å². The minimum absolute atomic E-state index is 0.182. The van der Waals surface area contributed by atoms with Crippen molar-refractivity contribution in [3.05, 3.63) is 16.7 Å². The first-order chi connectivity index (χ1) is 11.3. The summed E-state index contributed by atoms with van der Waals surface area (Å²) in [6, 6.07) is 0. The maximum Gasteiger partial charge on any atom is 0.278 e. The van der Waals surface area contributed by atoms with Crippen LogP contribution in [0.25, 0.3) is 11.2 Å². The standard InChI is InChI=1S/C17H29N5O/c1-2-3-4-5-6-7-8-9-10-11-12-18-17-21-15-14(16(23)22-17)19-13-20-15/h13H,2-12H2,1H3,(H3,18,19,20,21,22,23). The van der Waals surface area contributed by atoms with E-state index in [4.69, 9.17) is 0 Å². The molecule has 0 bridgehead atoms. The molecule has 2 heterocycles. The molecule has 23 heavy (non-hydrogen) atoms. The van der Waals surface area contributed by atoms with Gasteiger partial charge in [-0.25, -0.2) is 4.98 Å². The van der Waals surface area contributed by atoms with Gasteiger partial charge in [0.05, 0.1) is 6.33 Å². The van der Waals surface area contributed by atoms with Gasteiger partial charge in [0.15, 0.2) is 11.2 Å². The molecular formula is C17H29N5O. The van der Waals surface area contributed by atoms with Crippen molar-refractivity contribution in [2.45, 2.75) is 71.1 Å². The highest BCUT2D eigenvalue weighted by Gasteiger charge is 2.04. The molecule has 0 spiro atoms. The number of H-pyrrole nitrogens is 2. The van der Waals surface area contributed by atoms with Crippen molar-refractivity contribution in [2.24, 2.45) is 0 Å². The first-order valence-electron chi connectivity index (χ1n) is 8.98. The molecule has 0 fully saturated rings. The topological polar surface area (TPSA) is 86.5 Å². The third kappa shape index (κ3) is 6.04. The lowest BCUT2D eigenvalue weighted by Crippen LogP contribution is -2.14. The van der Waals surface area contributed by atoms with Crippen LogP contribution >= 0.6 is 0 Å². The quantitative estimate of drug-likeness (QED) is 0.516. The Labute approximate surface area is 137 Å². The molecule has 0 atom stereocenters. The normalized spacial score (nSPS) is 11.2. The second-order valence-electron chi connectivity index (χ2n) is 6.12. The third-order valence-corrected chi connectivity index (χ3v) is 4.12. The molecule has 0 aromatic carbocycles. The highest BCUT2D eigenvalue weighted by atomic mass is 16.1. The van der Waals surface area contributed by atoms with Crippen LogP contribution in [0.5, 0.6) is 0 Å². The molecule has 2 aromatic rings. The van der Waals surface area contributed by atoms with Crippen molar-refractivity contribution in [1.29, 1.82) is 0 Å². The fourth-order valence-corrected chi connectivity index (χ4v) is 2.75. The molecule has 0 saturated heterocycles. The van der Waals surface area contributed by atoms with Gasteiger partial charge in [-0.3, -0.25) is 9.78 Å². The number of unbranched alkanes of at least 4 members (excludes halogenated alkanes) is 9. The van der Waals surface area contributed by atoms with Gasteiger partial charge in [0, 0.05) is 6.54 Å². The number of rotatable bonds is 12. The monoisotopic (exact) mass is 319 g/mol. The van der Waals surface area contributed by atoms with Crippen molar-refractivity contribution >= 4 is 17.1 Å². The minimum Gasteiger partial charge on any atom is -0.356 e. The Morgan fingerprint density at radius 3 is 2.35 bits per heavy atom. The Hall–Kier alpha value is -1.85. The summed E-state index contributed by atoms with van der Waals surface area (Å²) in [6.45, 7) is 3.08. The van der Waals surface area contributed by atoms with Gasteiger partial charge in [0.2, 0.25) is 5.95 Å². The fraction of sp³-hybridized carbons (Fsp3) is 0.706. The lowest BCUT2D eigenvalue weighted by atomic mass is 10.1. The SMILES string of the molecule is CCCCCCCCCCCCNc1nc2nc[nH]c2c(=O)[nH]1. The summed E-state index contributed by atoms with van der Waals surface area (Å²) in [4.78, 5) is 25.5. The van der Waals surface area contributed by atoms with Crippen molar-refractivity contribution < 1.29 is 0 Å². The van der Waals surface area contributed by atoms with Crippen LogP contribution in [0.1, 0.15) is 71.1 Å². The van der Waals surface area contributed by atoms with E-state index in [0.29, 0.717) is 17.1 Å². The molecule has 2 rings (SSSR count). The van der Waals surface area contributed by atoms with Crippen LogP contribution < -0.4 is 10.9 Å². The predicted molar refractivity (Wildman–Crippen MR) is 94.8 cm³/mol. The Balaban J connectivity index is 1.52. The van der Waals surface area contributed by atoms with Crippen LogP contribution in [0.3, 0.4) is 0 Å². The zero-order valence-corrected chi connectivity index (χ0v) is 14.2. The van der Waals surface area contributed by atoms with Gasteiger partial charge in [-0.15, -0.1) is 0 Å². The molecule has 0 aliphatic rings. The molecule has 6 nitrogen and oxygen atoms in total. The number of aromatic nitrogens is 4. The molecule has 6 heteroatoms. The van der Waals surface area contributed by atoms with Gasteiger partial charge in [0.25, 0.3) is 5.56 Å². The van der Waals surface area contributed by atoms with Crippen LogP contribution in [0.15, 0.2) is 11.1 Å². The number of imidazole rings is 1. The fourth-order valence-electron chi connectivity index (χ4n) is 2.75. The summed E-state index contributed by atoms with van der Waals surface area (Å²) in [5, 5.41) is 3.17. The van der Waals surface area contributed by atoms with E-state index >= 15 is 0 Å². The molecule has 0 aliphatic carbocycles. The lowest BCUT2D eigenvalue weighted by molar-refractivity contribution is 0.559. The molecule has 0 saturated carbocycles. The number of nitrogens with zero attached hydrogens (tertiary/aromatic N) is 2. The van der Waals surface area contributed by atoms with E-state index in [0.717, 1.165) is 13.0 Å². The summed E-state index contributed by atoms with van der Waals surface area (Å²) < 4.78 is 0. The number of hydrogen-bond donors (Lipinski definition) is 3. The zero-order chi connectivity index (χ0) is 16.3. The molecule has 0 amide bonds. The molecule has 0 radical (unpaired) electrons. The Bertz CT molecular complexity index is 619. The van der Waals surface area contributed by atoms with Crippen molar-refractivity contribution in [2.75, 3.05) is 11.9 Å². The van der Waals surface area contributed by atoms with Gasteiger partial charge < -0.3 is 10.3 Å². The summed E-state index contributed by atoms with van der Waals surface area (Å²) >= 11 is 0. The maximum atomic E-state index is 11.8. The van der Waals surface area contributed by atoms with E-state index < -0.39 is 0 Å². The van der Waals surface area contributed by atoms with Crippen molar-refractivity contribution in [3.8, 4) is 0 Å². The Morgan fingerprint density at radius 2 is 1.65 bits per heavy atom. The van der Waals surface area contributed by atoms with Crippen LogP contribution in [0, 0.1) is 0 Å². The molecule has 0 aliphatic heterocycles. The second kappa shape index (κ2) is 10.0. The summed E-state index contributed by atoms with van der Waals surface area (Å²) in [6.07, 6.45) is 14.7. The van der Waals surface area contributed by atoms with Crippen LogP contribution in [0.4, 0.5) is 5.95 Å². The molecular weight excluding hydrogens is 290 g/mol. The Kier molecular flexibility index (Phi) is 7.63. The number of hydrogen-bond acceptors (Lipinski definition) is 4. The highest BCUT2D eigenvalue weighted by molar-refractivity contribution is 5.69. The van der Waals surface area contributed by atoms with E-state index in [9.17, 15) is 4.79 Å². The zero-order valence-electron chi connectivity index (χ0n) is 14.2. The third-order valence-electron chi connectivity index (χ3n) is 4.12. The number of aromatic amines is 2. The van der Waals surface area contributed by atoms with Gasteiger partial charge in [-0.1, -0.05) is 64.7 Å². The maximum absolute atomic E-state index is 11.8. The van der Waals surface area contributed by atoms with Crippen molar-refractivity contribution in [1.82, 2.24) is 19.9 Å². The van der Waals surface area contributed by atoms with Gasteiger partial charge in [-0.05, 0) is 6.42 Å². The van der Waals surface area contributed by atoms with E-state index in [2.05, 4.69) is 32.2 Å². The average molecular weight is 319 g/mol. The summed E-state index contributed by atoms with van der Waals surface area (Å²) in [7, 11) is 0. The first-order valence-corrected chi connectivity index (χ1v) is 8.98. The van der Waals surface area contributed by atoms with E-state index in [1.807, 2.05) is 0 Å². The number of anilines is 1. The van der Waals surface area contributed by atoms with Gasteiger partial charge in [0.1, 0.15) is 0 Å². The predicted octanol–water partition coefficient (Wildman–Crippen LogP) is 3.98. The molecule has 3 N–H and O–H groups in total. The smallest absolute Gasteiger partial charge is 0.278 e. The number of nitrogens with one attached hydrogen (secondary N) is 3. The van der Waals surface area contributed by atoms with Gasteiger partial charge >= 0.3 is 0 Å². The van der Waals surface area contributed by atoms with E-state index in [1.165, 1.54) is 64.1 Å². The molecule has 0 unspecified atom stereocenters.